The number of carbonyl (C=O) groups is 1. The number of sulfonamides is 1. The van der Waals surface area contributed by atoms with Gasteiger partial charge in [-0.05, 0) is 61.7 Å². The Kier molecular flexibility index (Phi) is 7.20. The van der Waals surface area contributed by atoms with Crippen LogP contribution in [-0.2, 0) is 21.2 Å². The smallest absolute Gasteiger partial charge is 0.264 e. The molecule has 6 nitrogen and oxygen atoms in total. The molecule has 1 amide bonds. The largest absolute Gasteiger partial charge is 0.495 e. The number of methoxy groups -OCH3 is 1. The first kappa shape index (κ1) is 23.3. The van der Waals surface area contributed by atoms with Gasteiger partial charge in [-0.2, -0.15) is 0 Å². The second-order valence-electron chi connectivity index (χ2n) is 7.56. The van der Waals surface area contributed by atoms with E-state index in [1.165, 1.54) is 7.11 Å². The van der Waals surface area contributed by atoms with Gasteiger partial charge in [0.2, 0.25) is 5.91 Å². The van der Waals surface area contributed by atoms with Crippen LogP contribution in [0.1, 0.15) is 23.6 Å². The maximum absolute atomic E-state index is 13.6. The Bertz CT molecular complexity index is 1200. The van der Waals surface area contributed by atoms with Crippen molar-refractivity contribution in [3.63, 3.8) is 0 Å². The first-order chi connectivity index (χ1) is 15.3. The van der Waals surface area contributed by atoms with E-state index in [1.54, 1.807) is 36.4 Å². The minimum absolute atomic E-state index is 0.105. The van der Waals surface area contributed by atoms with Gasteiger partial charge in [0.05, 0.1) is 17.7 Å². The molecule has 0 aliphatic heterocycles. The van der Waals surface area contributed by atoms with Crippen molar-refractivity contribution in [2.24, 2.45) is 0 Å². The average molecular weight is 453 g/mol. The quantitative estimate of drug-likeness (QED) is 0.537. The zero-order chi connectivity index (χ0) is 23.3. The molecule has 0 aromatic heterocycles. The molecule has 1 N–H and O–H groups in total. The van der Waals surface area contributed by atoms with Crippen LogP contribution in [0.15, 0.2) is 71.6 Å². The fraction of sp³-hybridized carbons (Fsp3) is 0.240. The molecule has 0 saturated heterocycles. The van der Waals surface area contributed by atoms with E-state index in [2.05, 4.69) is 5.32 Å². The van der Waals surface area contributed by atoms with Crippen molar-refractivity contribution in [3.8, 4) is 5.75 Å². The van der Waals surface area contributed by atoms with Gasteiger partial charge in [0.15, 0.2) is 0 Å². The van der Waals surface area contributed by atoms with Gasteiger partial charge in [0, 0.05) is 5.69 Å². The monoisotopic (exact) mass is 452 g/mol. The van der Waals surface area contributed by atoms with Crippen LogP contribution in [0.4, 0.5) is 11.4 Å². The topological polar surface area (TPSA) is 75.7 Å². The fourth-order valence-corrected chi connectivity index (χ4v) is 4.83. The lowest BCUT2D eigenvalue weighted by molar-refractivity contribution is -0.114. The van der Waals surface area contributed by atoms with E-state index in [4.69, 9.17) is 4.74 Å². The molecule has 0 saturated carbocycles. The zero-order valence-corrected chi connectivity index (χ0v) is 19.6. The minimum atomic E-state index is -4.03. The van der Waals surface area contributed by atoms with E-state index in [1.807, 2.05) is 51.1 Å². The summed E-state index contributed by atoms with van der Waals surface area (Å²) in [5.41, 5.74) is 3.75. The van der Waals surface area contributed by atoms with Gasteiger partial charge >= 0.3 is 0 Å². The Morgan fingerprint density at radius 3 is 2.28 bits per heavy atom. The zero-order valence-electron chi connectivity index (χ0n) is 18.8. The summed E-state index contributed by atoms with van der Waals surface area (Å²) in [5, 5.41) is 2.86. The normalized spacial score (nSPS) is 11.1. The first-order valence-electron chi connectivity index (χ1n) is 10.4. The molecule has 3 aromatic carbocycles. The van der Waals surface area contributed by atoms with E-state index >= 15 is 0 Å². The van der Waals surface area contributed by atoms with Crippen LogP contribution >= 0.6 is 0 Å². The van der Waals surface area contributed by atoms with Crippen molar-refractivity contribution in [2.45, 2.75) is 32.1 Å². The van der Waals surface area contributed by atoms with Gasteiger partial charge in [-0.25, -0.2) is 8.42 Å². The molecule has 0 unspecified atom stereocenters. The Labute approximate surface area is 189 Å². The number of hydrogen-bond donors (Lipinski definition) is 1. The number of aryl methyl sites for hydroxylation is 3. The van der Waals surface area contributed by atoms with Gasteiger partial charge < -0.3 is 10.1 Å². The predicted octanol–water partition coefficient (Wildman–Crippen LogP) is 4.71. The lowest BCUT2D eigenvalue weighted by atomic mass is 10.1. The molecule has 168 valence electrons. The highest BCUT2D eigenvalue weighted by molar-refractivity contribution is 7.92. The number of benzene rings is 3. The first-order valence-corrected chi connectivity index (χ1v) is 11.8. The predicted molar refractivity (Wildman–Crippen MR) is 128 cm³/mol. The van der Waals surface area contributed by atoms with Gasteiger partial charge in [0.1, 0.15) is 12.3 Å². The summed E-state index contributed by atoms with van der Waals surface area (Å²) in [7, 11) is -2.56. The highest BCUT2D eigenvalue weighted by Gasteiger charge is 2.29. The number of ether oxygens (including phenoxy) is 1. The summed E-state index contributed by atoms with van der Waals surface area (Å²) in [6.07, 6.45) is 0.744. The Balaban J connectivity index is 2.04. The number of hydrogen-bond acceptors (Lipinski definition) is 4. The number of amides is 1. The van der Waals surface area contributed by atoms with Crippen molar-refractivity contribution >= 4 is 27.3 Å². The third-order valence-corrected chi connectivity index (χ3v) is 6.95. The summed E-state index contributed by atoms with van der Waals surface area (Å²) in [6.45, 7) is 5.35. The maximum Gasteiger partial charge on any atom is 0.264 e. The summed E-state index contributed by atoms with van der Waals surface area (Å²) in [4.78, 5) is 13.1. The molecular formula is C25H28N2O4S. The van der Waals surface area contributed by atoms with Gasteiger partial charge in [-0.3, -0.25) is 9.10 Å². The summed E-state index contributed by atoms with van der Waals surface area (Å²) in [6, 6.07) is 19.3. The lowest BCUT2D eigenvalue weighted by Crippen LogP contribution is -2.38. The lowest BCUT2D eigenvalue weighted by Gasteiger charge is -2.26. The molecule has 0 aliphatic rings. The molecular weight excluding hydrogens is 424 g/mol. The molecule has 3 rings (SSSR count). The van der Waals surface area contributed by atoms with Crippen LogP contribution in [0.3, 0.4) is 0 Å². The van der Waals surface area contributed by atoms with Crippen LogP contribution in [-0.4, -0.2) is 28.0 Å². The summed E-state index contributed by atoms with van der Waals surface area (Å²) < 4.78 is 33.8. The summed E-state index contributed by atoms with van der Waals surface area (Å²) >= 11 is 0. The van der Waals surface area contributed by atoms with Crippen LogP contribution in [0.25, 0.3) is 0 Å². The second-order valence-corrected chi connectivity index (χ2v) is 9.42. The Hall–Kier alpha value is -3.32. The highest BCUT2D eigenvalue weighted by atomic mass is 32.2. The SMILES string of the molecule is CCc1ccccc1NC(=O)CN(c1cc(C)ccc1OC)S(=O)(=O)c1ccc(C)cc1. The molecule has 3 aromatic rings. The number of rotatable bonds is 8. The molecule has 0 heterocycles. The fourth-order valence-electron chi connectivity index (χ4n) is 3.40. The molecule has 32 heavy (non-hydrogen) atoms. The average Bonchev–Trinajstić information content (AvgIpc) is 2.78. The maximum atomic E-state index is 13.6. The van der Waals surface area contributed by atoms with E-state index in [0.717, 1.165) is 27.4 Å². The van der Waals surface area contributed by atoms with Gasteiger partial charge in [-0.15, -0.1) is 0 Å². The minimum Gasteiger partial charge on any atom is -0.495 e. The molecule has 0 aliphatic carbocycles. The van der Waals surface area contributed by atoms with Crippen LogP contribution in [0.2, 0.25) is 0 Å². The highest BCUT2D eigenvalue weighted by Crippen LogP contribution is 2.33. The molecule has 0 bridgehead atoms. The van der Waals surface area contributed by atoms with Crippen molar-refractivity contribution in [1.29, 1.82) is 0 Å². The Morgan fingerprint density at radius 1 is 0.969 bits per heavy atom. The van der Waals surface area contributed by atoms with Crippen molar-refractivity contribution in [2.75, 3.05) is 23.3 Å². The third kappa shape index (κ3) is 5.11. The third-order valence-electron chi connectivity index (χ3n) is 5.17. The van der Waals surface area contributed by atoms with Crippen LogP contribution < -0.4 is 14.4 Å². The van der Waals surface area contributed by atoms with E-state index in [0.29, 0.717) is 17.1 Å². The number of para-hydroxylation sites is 1. The standard InChI is InChI=1S/C25H28N2O4S/c1-5-20-8-6-7-9-22(20)26-25(28)17-27(23-16-19(3)12-15-24(23)31-4)32(29,30)21-13-10-18(2)11-14-21/h6-16H,5,17H2,1-4H3,(H,26,28). The molecule has 0 radical (unpaired) electrons. The Morgan fingerprint density at radius 2 is 1.62 bits per heavy atom. The molecule has 0 fully saturated rings. The number of carbonyl (C=O) groups excluding carboxylic acids is 1. The van der Waals surface area contributed by atoms with Crippen molar-refractivity contribution in [1.82, 2.24) is 0 Å². The van der Waals surface area contributed by atoms with E-state index < -0.39 is 22.5 Å². The number of nitrogens with one attached hydrogen (secondary N) is 1. The molecule has 0 spiro atoms. The van der Waals surface area contributed by atoms with E-state index in [-0.39, 0.29) is 4.90 Å². The molecule has 0 atom stereocenters. The van der Waals surface area contributed by atoms with E-state index in [9.17, 15) is 13.2 Å². The van der Waals surface area contributed by atoms with Gasteiger partial charge in [0.25, 0.3) is 10.0 Å². The molecule has 7 heteroatoms. The van der Waals surface area contributed by atoms with Gasteiger partial charge in [-0.1, -0.05) is 48.9 Å². The summed E-state index contributed by atoms with van der Waals surface area (Å²) in [5.74, 6) is -0.0711. The van der Waals surface area contributed by atoms with Crippen molar-refractivity contribution in [3.05, 3.63) is 83.4 Å². The second kappa shape index (κ2) is 9.87. The van der Waals surface area contributed by atoms with Crippen LogP contribution in [0.5, 0.6) is 5.75 Å². The number of anilines is 2. The van der Waals surface area contributed by atoms with Crippen molar-refractivity contribution < 1.29 is 17.9 Å². The number of nitrogens with zero attached hydrogens (tertiary/aromatic N) is 1. The van der Waals surface area contributed by atoms with Crippen LogP contribution in [0, 0.1) is 13.8 Å².